The molecule has 1 aliphatic rings. The Bertz CT molecular complexity index is 1910. The molecule has 0 radical (unpaired) electrons. The van der Waals surface area contributed by atoms with Crippen molar-refractivity contribution in [2.75, 3.05) is 29.3 Å². The van der Waals surface area contributed by atoms with Gasteiger partial charge in [-0.25, -0.2) is 14.6 Å². The summed E-state index contributed by atoms with van der Waals surface area (Å²) in [6.45, 7) is 5.31. The quantitative estimate of drug-likeness (QED) is 0.203. The van der Waals surface area contributed by atoms with Crippen molar-refractivity contribution in [3.63, 3.8) is 0 Å². The fourth-order valence-electron chi connectivity index (χ4n) is 5.18. The minimum Gasteiger partial charge on any atom is -0.481 e. The van der Waals surface area contributed by atoms with Gasteiger partial charge in [-0.1, -0.05) is 54.5 Å². The Labute approximate surface area is 287 Å². The van der Waals surface area contributed by atoms with Crippen molar-refractivity contribution in [2.45, 2.75) is 71.0 Å². The Balaban J connectivity index is 1.54. The third-order valence-electron chi connectivity index (χ3n) is 8.32. The highest BCUT2D eigenvalue weighted by Crippen LogP contribution is 2.39. The van der Waals surface area contributed by atoms with Gasteiger partial charge in [-0.05, 0) is 64.7 Å². The van der Waals surface area contributed by atoms with E-state index in [1.807, 2.05) is 29.2 Å². The molecule has 0 saturated carbocycles. The number of anilines is 2. The van der Waals surface area contributed by atoms with Gasteiger partial charge < -0.3 is 14.7 Å². The first-order valence-corrected chi connectivity index (χ1v) is 18.1. The lowest BCUT2D eigenvalue weighted by atomic mass is 9.93. The molecule has 0 saturated heterocycles. The van der Waals surface area contributed by atoms with E-state index in [4.69, 9.17) is 9.72 Å². The summed E-state index contributed by atoms with van der Waals surface area (Å²) >= 11 is 1.00. The molecule has 4 bridgehead atoms. The molecular weight excluding hydrogens is 682 g/mol. The Morgan fingerprint density at radius 2 is 1.73 bits per heavy atom. The minimum atomic E-state index is -4.48. The maximum absolute atomic E-state index is 13.7. The largest absolute Gasteiger partial charge is 0.481 e. The monoisotopic (exact) mass is 720 g/mol. The number of halogens is 3. The van der Waals surface area contributed by atoms with Gasteiger partial charge >= 0.3 is 12.1 Å². The number of nitrogens with one attached hydrogen (secondary N) is 1. The first-order valence-electron chi connectivity index (χ1n) is 15.8. The van der Waals surface area contributed by atoms with Crippen LogP contribution >= 0.6 is 11.3 Å². The SMILES string of the molecule is CC(C)(CN1CCCCCCc2ccccc2-c2nc(sc2-n2ccc(OCC(C)(C)C(F)(F)F)n2)NS(=O)(=O)c2cccc1n2)C(=O)O. The summed E-state index contributed by atoms with van der Waals surface area (Å²) in [4.78, 5) is 22.9. The smallest absolute Gasteiger partial charge is 0.397 e. The third kappa shape index (κ3) is 8.35. The van der Waals surface area contributed by atoms with Crippen molar-refractivity contribution in [3.8, 4) is 22.1 Å². The number of thiazole rings is 1. The van der Waals surface area contributed by atoms with E-state index in [0.717, 1.165) is 62.0 Å². The summed E-state index contributed by atoms with van der Waals surface area (Å²) in [5.41, 5.74) is -1.02. The summed E-state index contributed by atoms with van der Waals surface area (Å²) < 4.78 is 77.1. The number of carboxylic acids is 1. The van der Waals surface area contributed by atoms with Gasteiger partial charge in [0.1, 0.15) is 23.1 Å². The molecule has 16 heteroatoms. The molecule has 0 unspecified atom stereocenters. The van der Waals surface area contributed by atoms with Gasteiger partial charge in [0.25, 0.3) is 10.0 Å². The van der Waals surface area contributed by atoms with Crippen LogP contribution in [0.5, 0.6) is 5.88 Å². The highest BCUT2D eigenvalue weighted by Gasteiger charge is 2.48. The van der Waals surface area contributed by atoms with E-state index in [-0.39, 0.29) is 22.6 Å². The van der Waals surface area contributed by atoms with E-state index < -0.39 is 39.6 Å². The fourth-order valence-corrected chi connectivity index (χ4v) is 7.29. The number of nitrogens with zero attached hydrogens (tertiary/aromatic N) is 5. The number of ether oxygens (including phenoxy) is 1. The van der Waals surface area contributed by atoms with Gasteiger partial charge in [-0.3, -0.25) is 9.52 Å². The number of hydrogen-bond acceptors (Lipinski definition) is 9. The van der Waals surface area contributed by atoms with Gasteiger partial charge in [0.05, 0.1) is 10.8 Å². The number of aromatic nitrogens is 4. The molecule has 0 aliphatic carbocycles. The molecule has 0 spiro atoms. The molecule has 264 valence electrons. The molecule has 4 aromatic rings. The molecule has 4 heterocycles. The number of benzene rings is 1. The number of alkyl halides is 3. The number of sulfonamides is 1. The molecule has 1 aliphatic heterocycles. The highest BCUT2D eigenvalue weighted by atomic mass is 32.2. The average Bonchev–Trinajstić information content (AvgIpc) is 3.67. The van der Waals surface area contributed by atoms with Crippen LogP contribution in [0.3, 0.4) is 0 Å². The van der Waals surface area contributed by atoms with Crippen molar-refractivity contribution >= 4 is 38.3 Å². The zero-order chi connectivity index (χ0) is 35.6. The van der Waals surface area contributed by atoms with Crippen LogP contribution in [0.2, 0.25) is 0 Å². The number of carbonyl (C=O) groups is 1. The average molecular weight is 721 g/mol. The lowest BCUT2D eigenvalue weighted by Gasteiger charge is -2.31. The van der Waals surface area contributed by atoms with Crippen molar-refractivity contribution in [2.24, 2.45) is 10.8 Å². The van der Waals surface area contributed by atoms with Crippen LogP contribution in [0, 0.1) is 10.8 Å². The second-order valence-corrected chi connectivity index (χ2v) is 15.9. The number of hydrogen-bond donors (Lipinski definition) is 2. The van der Waals surface area contributed by atoms with Gasteiger partial charge in [-0.15, -0.1) is 5.10 Å². The maximum atomic E-state index is 13.7. The molecule has 11 nitrogen and oxygen atoms in total. The Kier molecular flexibility index (Phi) is 10.3. The summed E-state index contributed by atoms with van der Waals surface area (Å²) in [5, 5.41) is 14.3. The van der Waals surface area contributed by atoms with E-state index in [0.29, 0.717) is 29.5 Å². The predicted octanol–water partition coefficient (Wildman–Crippen LogP) is 7.19. The summed E-state index contributed by atoms with van der Waals surface area (Å²) in [6, 6.07) is 13.7. The first kappa shape index (κ1) is 36.1. The van der Waals surface area contributed by atoms with Gasteiger partial charge in [0, 0.05) is 30.9 Å². The molecule has 0 amide bonds. The molecule has 5 rings (SSSR count). The number of fused-ring (bicyclic) bond motifs is 6. The Morgan fingerprint density at radius 3 is 2.47 bits per heavy atom. The van der Waals surface area contributed by atoms with Crippen LogP contribution in [0.15, 0.2) is 59.8 Å². The summed E-state index contributed by atoms with van der Waals surface area (Å²) in [5.74, 6) is -0.665. The molecule has 2 N–H and O–H groups in total. The topological polar surface area (TPSA) is 140 Å². The molecule has 0 fully saturated rings. The molecule has 49 heavy (non-hydrogen) atoms. The zero-order valence-corrected chi connectivity index (χ0v) is 29.3. The van der Waals surface area contributed by atoms with Crippen molar-refractivity contribution in [1.29, 1.82) is 0 Å². The number of carboxylic acid groups (broad SMARTS) is 1. The van der Waals surface area contributed by atoms with Gasteiger partial charge in [-0.2, -0.15) is 21.6 Å². The summed E-state index contributed by atoms with van der Waals surface area (Å²) in [7, 11) is -4.27. The Hall–Kier alpha value is -4.18. The van der Waals surface area contributed by atoms with Crippen molar-refractivity contribution in [3.05, 3.63) is 60.3 Å². The van der Waals surface area contributed by atoms with E-state index in [1.165, 1.54) is 23.0 Å². The van der Waals surface area contributed by atoms with Crippen LogP contribution in [0.1, 0.15) is 58.9 Å². The van der Waals surface area contributed by atoms with Crippen LogP contribution in [-0.4, -0.2) is 65.1 Å². The number of pyridine rings is 1. The first-order chi connectivity index (χ1) is 23.0. The van der Waals surface area contributed by atoms with E-state index in [9.17, 15) is 31.5 Å². The second kappa shape index (κ2) is 14.0. The van der Waals surface area contributed by atoms with E-state index in [1.54, 1.807) is 26.0 Å². The van der Waals surface area contributed by atoms with Gasteiger partial charge in [0.2, 0.25) is 5.88 Å². The van der Waals surface area contributed by atoms with Gasteiger partial charge in [0.15, 0.2) is 10.2 Å². The number of rotatable bonds is 7. The normalized spacial score (nSPS) is 15.9. The van der Waals surface area contributed by atoms with Crippen LogP contribution in [-0.2, 0) is 21.2 Å². The van der Waals surface area contributed by atoms with Crippen LogP contribution in [0.4, 0.5) is 24.1 Å². The van der Waals surface area contributed by atoms with Crippen molar-refractivity contribution < 1.29 is 36.2 Å². The molecule has 1 aromatic carbocycles. The molecule has 3 aromatic heterocycles. The third-order valence-corrected chi connectivity index (χ3v) is 10.7. The lowest BCUT2D eigenvalue weighted by Crippen LogP contribution is -2.40. The molecular formula is C33H39F3N6O5S2. The van der Waals surface area contributed by atoms with Crippen LogP contribution < -0.4 is 14.4 Å². The minimum absolute atomic E-state index is 0.0244. The Morgan fingerprint density at radius 1 is 1.00 bits per heavy atom. The highest BCUT2D eigenvalue weighted by molar-refractivity contribution is 7.92. The van der Waals surface area contributed by atoms with E-state index >= 15 is 0 Å². The fraction of sp³-hybridized carbons (Fsp3) is 0.455. The zero-order valence-electron chi connectivity index (χ0n) is 27.6. The summed E-state index contributed by atoms with van der Waals surface area (Å²) in [6.07, 6.45) is 1.13. The number of aliphatic carboxylic acids is 1. The standard InChI is InChI=1S/C33H39F3N6O5S2/c1-31(2,29(43)44)20-41-18-10-6-5-7-12-22-13-8-9-14-23(22)27-28(42-19-17-25(39-42)47-21-32(3,4)33(34,35)36)48-30(38-27)40-49(45,46)26-16-11-15-24(41)37-26/h8-9,11,13-17,19H,5-7,10,12,18,20-21H2,1-4H3,(H,38,40)(H,43,44). The maximum Gasteiger partial charge on any atom is 0.397 e. The number of aryl methyl sites for hydroxylation is 1. The van der Waals surface area contributed by atoms with E-state index in [2.05, 4.69) is 14.8 Å². The van der Waals surface area contributed by atoms with Crippen molar-refractivity contribution in [1.82, 2.24) is 19.7 Å². The predicted molar refractivity (Wildman–Crippen MR) is 181 cm³/mol. The second-order valence-electron chi connectivity index (χ2n) is 13.3. The van der Waals surface area contributed by atoms with Crippen LogP contribution in [0.25, 0.3) is 16.3 Å². The lowest BCUT2D eigenvalue weighted by molar-refractivity contribution is -0.219. The molecule has 0 atom stereocenters.